The second-order valence-electron chi connectivity index (χ2n) is 9.72. The molecule has 0 bridgehead atoms. The molecule has 0 heterocycles. The maximum atomic E-state index is 2.30. The van der Waals surface area contributed by atoms with Crippen LogP contribution in [0.1, 0.15) is 5.56 Å². The van der Waals surface area contributed by atoms with Crippen LogP contribution in [0.3, 0.4) is 0 Å². The van der Waals surface area contributed by atoms with Gasteiger partial charge in [0.1, 0.15) is 0 Å². The van der Waals surface area contributed by atoms with Gasteiger partial charge in [0.05, 0.1) is 0 Å². The molecule has 4 heteroatoms. The van der Waals surface area contributed by atoms with Crippen LogP contribution >= 0.6 is 0 Å². The van der Waals surface area contributed by atoms with E-state index in [0.717, 1.165) is 0 Å². The fourth-order valence-corrected chi connectivity index (χ4v) is 4.88. The van der Waals surface area contributed by atoms with Crippen LogP contribution in [0.15, 0.2) is 127 Å². The van der Waals surface area contributed by atoms with Crippen LogP contribution in [0, 0.1) is 6.92 Å². The van der Waals surface area contributed by atoms with E-state index in [2.05, 4.69) is 167 Å². The minimum absolute atomic E-state index is 0. The third-order valence-corrected chi connectivity index (χ3v) is 6.48. The molecule has 0 spiro atoms. The maximum Gasteiger partial charge on any atom is -0.0520 e. The van der Waals surface area contributed by atoms with Gasteiger partial charge in [-0.05, 0) is 0 Å². The van der Waals surface area contributed by atoms with Crippen molar-refractivity contribution in [2.24, 2.45) is 0 Å². The minimum Gasteiger partial charge on any atom is -1.00 e. The second-order valence-corrected chi connectivity index (χ2v) is 16.4. The van der Waals surface area contributed by atoms with Crippen molar-refractivity contribution in [2.45, 2.75) is 20.0 Å². The van der Waals surface area contributed by atoms with Gasteiger partial charge in [0.15, 0.2) is 0 Å². The third-order valence-electron chi connectivity index (χ3n) is 6.48. The first-order valence-electron chi connectivity index (χ1n) is 12.7. The molecule has 7 aromatic carbocycles. The van der Waals surface area contributed by atoms with Crippen LogP contribution in [-0.4, -0.2) is 6.19 Å². The van der Waals surface area contributed by atoms with Crippen molar-refractivity contribution >= 4 is 49.3 Å². The van der Waals surface area contributed by atoms with E-state index in [0.29, 0.717) is 0 Å². The van der Waals surface area contributed by atoms with Crippen molar-refractivity contribution in [3.8, 4) is 11.1 Å². The SMILES string of the molecule is C[Si](C)=[Ti+2].Cc1cc2ccc3ccccc3c2[cH-]1.[Cl-].[Cl-].c1ccc(-c2cc3ccc4ccccc4c3[cH-]2)cc1. The molecule has 39 heavy (non-hydrogen) atoms. The number of aryl methyl sites for hydroxylation is 1. The first-order valence-corrected chi connectivity index (χ1v) is 17.5. The summed E-state index contributed by atoms with van der Waals surface area (Å²) in [5.41, 5.74) is 3.92. The molecule has 0 saturated carbocycles. The Morgan fingerprint density at radius 2 is 0.974 bits per heavy atom. The first kappa shape index (κ1) is 30.9. The van der Waals surface area contributed by atoms with Crippen molar-refractivity contribution < 1.29 is 44.0 Å². The van der Waals surface area contributed by atoms with Gasteiger partial charge < -0.3 is 24.8 Å². The van der Waals surface area contributed by atoms with Gasteiger partial charge in [-0.1, -0.05) is 131 Å². The molecule has 0 nitrogen and oxygen atoms in total. The fourth-order valence-electron chi connectivity index (χ4n) is 4.88. The summed E-state index contributed by atoms with van der Waals surface area (Å²) in [6.07, 6.45) is 0.120. The van der Waals surface area contributed by atoms with Crippen molar-refractivity contribution in [2.75, 3.05) is 0 Å². The van der Waals surface area contributed by atoms with E-state index in [-0.39, 0.29) is 31.0 Å². The Hall–Kier alpha value is -2.65. The summed E-state index contributed by atoms with van der Waals surface area (Å²) in [6, 6.07) is 45.6. The summed E-state index contributed by atoms with van der Waals surface area (Å²) in [7, 11) is 0. The Morgan fingerprint density at radius 3 is 1.54 bits per heavy atom. The molecule has 0 aliphatic carbocycles. The van der Waals surface area contributed by atoms with E-state index >= 15 is 0 Å². The molecule has 7 aromatic rings. The van der Waals surface area contributed by atoms with Crippen LogP contribution < -0.4 is 24.8 Å². The summed E-state index contributed by atoms with van der Waals surface area (Å²) in [5, 5.41) is 10.7. The zero-order chi connectivity index (χ0) is 25.8. The molecule has 0 aliphatic rings. The molecule has 0 aromatic heterocycles. The van der Waals surface area contributed by atoms with Crippen LogP contribution in [0.4, 0.5) is 0 Å². The molecule has 0 fully saturated rings. The van der Waals surface area contributed by atoms with Gasteiger partial charge in [-0.15, -0.1) is 56.9 Å². The van der Waals surface area contributed by atoms with E-state index < -0.39 is 0 Å². The molecule has 7 rings (SSSR count). The minimum atomic E-state index is 0. The van der Waals surface area contributed by atoms with Gasteiger partial charge in [-0.2, -0.15) is 6.07 Å². The van der Waals surface area contributed by atoms with E-state index in [1.165, 1.54) is 59.8 Å². The second kappa shape index (κ2) is 14.1. The van der Waals surface area contributed by atoms with Gasteiger partial charge in [0.25, 0.3) is 0 Å². The Kier molecular flexibility index (Phi) is 11.2. The van der Waals surface area contributed by atoms with E-state index in [1.807, 2.05) is 0 Å². The topological polar surface area (TPSA) is 0 Å². The Morgan fingerprint density at radius 1 is 0.538 bits per heavy atom. The summed E-state index contributed by atoms with van der Waals surface area (Å²) >= 11 is 2.27. The number of benzene rings is 5. The van der Waals surface area contributed by atoms with Crippen molar-refractivity contribution in [1.82, 2.24) is 0 Å². The molecular weight excluding hydrogens is 567 g/mol. The van der Waals surface area contributed by atoms with Crippen molar-refractivity contribution in [3.63, 3.8) is 0 Å². The molecule has 0 amide bonds. The smallest absolute Gasteiger partial charge is 0.0520 e. The average Bonchev–Trinajstić information content (AvgIpc) is 3.53. The Balaban J connectivity index is 0.000000187. The summed E-state index contributed by atoms with van der Waals surface area (Å²) in [6.45, 7) is 6.68. The normalized spacial score (nSPS) is 10.2. The number of hydrogen-bond donors (Lipinski definition) is 0. The van der Waals surface area contributed by atoms with Crippen LogP contribution in [0.2, 0.25) is 13.1 Å². The largest absolute Gasteiger partial charge is 1.00 e. The standard InChI is InChI=1S/C19H13.C14H11.C2H6Si.2ClH.Ti/c1-2-6-14(7-3-1)17-12-16-11-10-15-8-4-5-9-18(15)19(16)13-17;1-10-8-12-7-6-11-4-2-3-5-13(11)14(12)9-10;1-3-2;;;/h1-13H;2-9H,1H3;1-2H3;2*1H;/q2*-1;;;;+2/p-2. The van der Waals surface area contributed by atoms with Gasteiger partial charge >= 0.3 is 38.5 Å². The molecule has 0 aliphatic heterocycles. The zero-order valence-electron chi connectivity index (χ0n) is 22.4. The number of rotatable bonds is 1. The number of fused-ring (bicyclic) bond motifs is 6. The first-order chi connectivity index (χ1) is 18.0. The molecule has 0 radical (unpaired) electrons. The average molecular weight is 597 g/mol. The third kappa shape index (κ3) is 7.31. The van der Waals surface area contributed by atoms with Crippen molar-refractivity contribution in [1.29, 1.82) is 0 Å². The van der Waals surface area contributed by atoms with Crippen molar-refractivity contribution in [3.05, 3.63) is 133 Å². The Bertz CT molecular complexity index is 1830. The van der Waals surface area contributed by atoms with E-state index in [1.54, 1.807) is 0 Å². The van der Waals surface area contributed by atoms with E-state index in [4.69, 9.17) is 0 Å². The summed E-state index contributed by atoms with van der Waals surface area (Å²) in [5.74, 6) is 0. The summed E-state index contributed by atoms with van der Waals surface area (Å²) in [4.78, 5) is 0. The van der Waals surface area contributed by atoms with Gasteiger partial charge in [-0.3, -0.25) is 0 Å². The fraction of sp³-hybridized carbons (Fsp3) is 0.0857. The number of halogens is 2. The van der Waals surface area contributed by atoms with E-state index in [9.17, 15) is 0 Å². The van der Waals surface area contributed by atoms with Gasteiger partial charge in [-0.25, -0.2) is 0 Å². The quantitative estimate of drug-likeness (QED) is 0.197. The molecular formula is C35H30Cl2SiTi-2. The zero-order valence-corrected chi connectivity index (χ0v) is 26.5. The monoisotopic (exact) mass is 596 g/mol. The molecule has 0 atom stereocenters. The molecule has 0 N–H and O–H groups in total. The number of hydrogen-bond acceptors (Lipinski definition) is 0. The molecule has 0 saturated heterocycles. The van der Waals surface area contributed by atoms with Crippen LogP contribution in [0.5, 0.6) is 0 Å². The van der Waals surface area contributed by atoms with Crippen LogP contribution in [0.25, 0.3) is 54.2 Å². The predicted octanol–water partition coefficient (Wildman–Crippen LogP) is 4.19. The Labute approximate surface area is 255 Å². The van der Waals surface area contributed by atoms with Crippen LogP contribution in [-0.2, 0) is 19.2 Å². The summed E-state index contributed by atoms with van der Waals surface area (Å²) < 4.78 is 0. The maximum absolute atomic E-state index is 2.30. The predicted molar refractivity (Wildman–Crippen MR) is 162 cm³/mol. The molecule has 194 valence electrons. The molecule has 0 unspecified atom stereocenters. The van der Waals surface area contributed by atoms with Gasteiger partial charge in [0.2, 0.25) is 0 Å². The van der Waals surface area contributed by atoms with Gasteiger partial charge in [0, 0.05) is 0 Å².